The first-order valence-corrected chi connectivity index (χ1v) is 7.38. The van der Waals surface area contributed by atoms with Gasteiger partial charge in [-0.2, -0.15) is 0 Å². The number of nitrogens with two attached hydrogens (primary N) is 1. The summed E-state index contributed by atoms with van der Waals surface area (Å²) in [5.41, 5.74) is 5.81. The Hall–Kier alpha value is -1.33. The van der Waals surface area contributed by atoms with Crippen molar-refractivity contribution in [1.29, 1.82) is 0 Å². The van der Waals surface area contributed by atoms with E-state index < -0.39 is 11.9 Å². The van der Waals surface area contributed by atoms with Gasteiger partial charge in [0.2, 0.25) is 5.91 Å². The Labute approximate surface area is 138 Å². The predicted octanol–water partition coefficient (Wildman–Crippen LogP) is 2.89. The van der Waals surface area contributed by atoms with Crippen LogP contribution in [0.5, 0.6) is 5.75 Å². The van der Waals surface area contributed by atoms with E-state index in [0.29, 0.717) is 25.3 Å². The Kier molecular flexibility index (Phi) is 9.78. The van der Waals surface area contributed by atoms with Crippen molar-refractivity contribution in [1.82, 2.24) is 5.32 Å². The van der Waals surface area contributed by atoms with Crippen molar-refractivity contribution in [2.45, 2.75) is 45.8 Å². The van der Waals surface area contributed by atoms with Gasteiger partial charge < -0.3 is 15.8 Å². The Morgan fingerprint density at radius 1 is 1.36 bits per heavy atom. The summed E-state index contributed by atoms with van der Waals surface area (Å²) in [5.74, 6) is -0.0365. The molecule has 126 valence electrons. The third-order valence-electron chi connectivity index (χ3n) is 3.15. The van der Waals surface area contributed by atoms with Crippen LogP contribution in [0.3, 0.4) is 0 Å². The number of ether oxygens (including phenoxy) is 1. The molecule has 22 heavy (non-hydrogen) atoms. The highest BCUT2D eigenvalue weighted by Crippen LogP contribution is 2.17. The molecular weight excluding hydrogens is 307 g/mol. The standard InChI is InChI=1S/C16H25FN2O2.ClH/c1-4-12(21-15-8-6-5-7-13(15)17)10-19-16(20)14(18)9-11(2)3;/h5-8,11-12,14H,4,9-10,18H2,1-3H3,(H,19,20);1H/t12?,14-;/m0./s1. The predicted molar refractivity (Wildman–Crippen MR) is 88.8 cm³/mol. The summed E-state index contributed by atoms with van der Waals surface area (Å²) in [7, 11) is 0. The number of rotatable bonds is 8. The SMILES string of the molecule is CCC(CNC(=O)[C@@H](N)CC(C)C)Oc1ccccc1F.Cl. The molecule has 0 saturated carbocycles. The number of halogens is 2. The fourth-order valence-electron chi connectivity index (χ4n) is 1.95. The first-order valence-electron chi connectivity index (χ1n) is 7.38. The van der Waals surface area contributed by atoms with E-state index in [1.165, 1.54) is 6.07 Å². The lowest BCUT2D eigenvalue weighted by Gasteiger charge is -2.20. The maximum absolute atomic E-state index is 13.5. The fourth-order valence-corrected chi connectivity index (χ4v) is 1.95. The molecule has 0 aliphatic rings. The van der Waals surface area contributed by atoms with E-state index >= 15 is 0 Å². The van der Waals surface area contributed by atoms with E-state index in [1.807, 2.05) is 20.8 Å². The monoisotopic (exact) mass is 332 g/mol. The van der Waals surface area contributed by atoms with Gasteiger partial charge in [-0.25, -0.2) is 4.39 Å². The van der Waals surface area contributed by atoms with E-state index in [2.05, 4.69) is 5.32 Å². The Balaban J connectivity index is 0.00000441. The molecule has 0 spiro atoms. The summed E-state index contributed by atoms with van der Waals surface area (Å²) in [4.78, 5) is 11.9. The van der Waals surface area contributed by atoms with Gasteiger partial charge in [-0.3, -0.25) is 4.79 Å². The zero-order chi connectivity index (χ0) is 15.8. The average Bonchev–Trinajstić information content (AvgIpc) is 2.44. The molecule has 4 nitrogen and oxygen atoms in total. The number of carbonyl (C=O) groups excluding carboxylic acids is 1. The minimum Gasteiger partial charge on any atom is -0.486 e. The minimum absolute atomic E-state index is 0. The summed E-state index contributed by atoms with van der Waals surface area (Å²) in [5, 5.41) is 2.77. The maximum atomic E-state index is 13.5. The van der Waals surface area contributed by atoms with Crippen molar-refractivity contribution < 1.29 is 13.9 Å². The van der Waals surface area contributed by atoms with Crippen LogP contribution in [-0.2, 0) is 4.79 Å². The molecule has 0 aliphatic heterocycles. The molecule has 0 fully saturated rings. The Morgan fingerprint density at radius 3 is 2.55 bits per heavy atom. The Morgan fingerprint density at radius 2 is 2.00 bits per heavy atom. The molecule has 1 unspecified atom stereocenters. The topological polar surface area (TPSA) is 64.4 Å². The molecule has 0 saturated heterocycles. The highest BCUT2D eigenvalue weighted by molar-refractivity contribution is 5.85. The number of hydrogen-bond acceptors (Lipinski definition) is 3. The summed E-state index contributed by atoms with van der Waals surface area (Å²) in [6.45, 7) is 6.27. The molecule has 0 radical (unpaired) electrons. The van der Waals surface area contributed by atoms with Crippen LogP contribution in [-0.4, -0.2) is 24.6 Å². The molecule has 2 atom stereocenters. The number of amides is 1. The fraction of sp³-hybridized carbons (Fsp3) is 0.562. The van der Waals surface area contributed by atoms with E-state index in [1.54, 1.807) is 18.2 Å². The van der Waals surface area contributed by atoms with E-state index in [9.17, 15) is 9.18 Å². The third kappa shape index (κ3) is 7.09. The highest BCUT2D eigenvalue weighted by Gasteiger charge is 2.17. The lowest BCUT2D eigenvalue weighted by molar-refractivity contribution is -0.123. The van der Waals surface area contributed by atoms with Crippen LogP contribution in [0.2, 0.25) is 0 Å². The van der Waals surface area contributed by atoms with Gasteiger partial charge in [0.1, 0.15) is 6.10 Å². The first kappa shape index (κ1) is 20.7. The first-order chi connectivity index (χ1) is 9.93. The van der Waals surface area contributed by atoms with Crippen molar-refractivity contribution in [3.8, 4) is 5.75 Å². The summed E-state index contributed by atoms with van der Waals surface area (Å²) >= 11 is 0. The van der Waals surface area contributed by atoms with Crippen molar-refractivity contribution in [3.05, 3.63) is 30.1 Å². The number of nitrogens with one attached hydrogen (secondary N) is 1. The molecule has 3 N–H and O–H groups in total. The number of benzene rings is 1. The summed E-state index contributed by atoms with van der Waals surface area (Å²) in [6, 6.07) is 5.72. The molecule has 0 aromatic heterocycles. The molecule has 1 rings (SSSR count). The third-order valence-corrected chi connectivity index (χ3v) is 3.15. The number of carbonyl (C=O) groups is 1. The normalized spacial score (nSPS) is 13.2. The van der Waals surface area contributed by atoms with Gasteiger partial charge in [0.25, 0.3) is 0 Å². The van der Waals surface area contributed by atoms with Gasteiger partial charge in [0, 0.05) is 0 Å². The number of hydrogen-bond donors (Lipinski definition) is 2. The quantitative estimate of drug-likeness (QED) is 0.769. The van der Waals surface area contributed by atoms with Crippen LogP contribution in [0.25, 0.3) is 0 Å². The zero-order valence-electron chi connectivity index (χ0n) is 13.3. The smallest absolute Gasteiger partial charge is 0.237 e. The van der Waals surface area contributed by atoms with E-state index in [4.69, 9.17) is 10.5 Å². The van der Waals surface area contributed by atoms with Crippen LogP contribution in [0.15, 0.2) is 24.3 Å². The molecule has 1 aromatic rings. The lowest BCUT2D eigenvalue weighted by atomic mass is 10.0. The molecule has 1 amide bonds. The van der Waals surface area contributed by atoms with Gasteiger partial charge in [-0.15, -0.1) is 12.4 Å². The van der Waals surface area contributed by atoms with E-state index in [-0.39, 0.29) is 30.2 Å². The van der Waals surface area contributed by atoms with Gasteiger partial charge in [0.15, 0.2) is 11.6 Å². The van der Waals surface area contributed by atoms with Gasteiger partial charge in [-0.1, -0.05) is 32.9 Å². The molecule has 1 aromatic carbocycles. The molecule has 6 heteroatoms. The minimum atomic E-state index is -0.518. The molecule has 0 heterocycles. The molecule has 0 bridgehead atoms. The molecular formula is C16H26ClFN2O2. The van der Waals surface area contributed by atoms with Gasteiger partial charge in [-0.05, 0) is 30.9 Å². The zero-order valence-corrected chi connectivity index (χ0v) is 14.2. The van der Waals surface area contributed by atoms with Crippen molar-refractivity contribution in [3.63, 3.8) is 0 Å². The second kappa shape index (κ2) is 10.4. The van der Waals surface area contributed by atoms with Crippen LogP contribution in [0.4, 0.5) is 4.39 Å². The second-order valence-electron chi connectivity index (χ2n) is 5.56. The van der Waals surface area contributed by atoms with Crippen LogP contribution < -0.4 is 15.8 Å². The highest BCUT2D eigenvalue weighted by atomic mass is 35.5. The maximum Gasteiger partial charge on any atom is 0.237 e. The Bertz CT molecular complexity index is 458. The number of para-hydroxylation sites is 1. The van der Waals surface area contributed by atoms with Crippen LogP contribution in [0, 0.1) is 11.7 Å². The largest absolute Gasteiger partial charge is 0.486 e. The lowest BCUT2D eigenvalue weighted by Crippen LogP contribution is -2.45. The van der Waals surface area contributed by atoms with Crippen molar-refractivity contribution >= 4 is 18.3 Å². The van der Waals surface area contributed by atoms with Gasteiger partial charge in [0.05, 0.1) is 12.6 Å². The van der Waals surface area contributed by atoms with Crippen LogP contribution in [0.1, 0.15) is 33.6 Å². The second-order valence-corrected chi connectivity index (χ2v) is 5.56. The van der Waals surface area contributed by atoms with Gasteiger partial charge >= 0.3 is 0 Å². The van der Waals surface area contributed by atoms with E-state index in [0.717, 1.165) is 0 Å². The van der Waals surface area contributed by atoms with Crippen molar-refractivity contribution in [2.24, 2.45) is 11.7 Å². The van der Waals surface area contributed by atoms with Crippen LogP contribution >= 0.6 is 12.4 Å². The van der Waals surface area contributed by atoms with Crippen molar-refractivity contribution in [2.75, 3.05) is 6.54 Å². The average molecular weight is 333 g/mol. The molecule has 0 aliphatic carbocycles. The summed E-state index contributed by atoms with van der Waals surface area (Å²) in [6.07, 6.45) is 1.02. The summed E-state index contributed by atoms with van der Waals surface area (Å²) < 4.78 is 19.1.